The van der Waals surface area contributed by atoms with E-state index in [9.17, 15) is 0 Å². The van der Waals surface area contributed by atoms with Gasteiger partial charge in [0.05, 0.1) is 0 Å². The summed E-state index contributed by atoms with van der Waals surface area (Å²) < 4.78 is 0. The maximum absolute atomic E-state index is 6.47. The lowest BCUT2D eigenvalue weighted by Gasteiger charge is -2.33. The third-order valence-corrected chi connectivity index (χ3v) is 3.96. The van der Waals surface area contributed by atoms with Gasteiger partial charge in [-0.1, -0.05) is 19.3 Å². The van der Waals surface area contributed by atoms with Gasteiger partial charge in [0.2, 0.25) is 0 Å². The molecule has 1 heteroatoms. The van der Waals surface area contributed by atoms with Crippen molar-refractivity contribution in [3.05, 3.63) is 0 Å². The molecular formula is C9H15Cl. The average molecular weight is 159 g/mol. The van der Waals surface area contributed by atoms with Crippen LogP contribution in [-0.2, 0) is 0 Å². The van der Waals surface area contributed by atoms with Crippen molar-refractivity contribution in [2.75, 3.05) is 0 Å². The predicted octanol–water partition coefficient (Wildman–Crippen LogP) is 3.34. The van der Waals surface area contributed by atoms with Gasteiger partial charge in [-0.2, -0.15) is 0 Å². The zero-order valence-electron chi connectivity index (χ0n) is 6.41. The van der Waals surface area contributed by atoms with Crippen LogP contribution in [0, 0.1) is 5.92 Å². The minimum Gasteiger partial charge on any atom is -0.119 e. The van der Waals surface area contributed by atoms with Crippen molar-refractivity contribution in [2.24, 2.45) is 5.92 Å². The largest absolute Gasteiger partial charge is 0.119 e. The van der Waals surface area contributed by atoms with Crippen molar-refractivity contribution in [2.45, 2.75) is 49.8 Å². The molecule has 0 unspecified atom stereocenters. The maximum Gasteiger partial charge on any atom is 0.0475 e. The SMILES string of the molecule is Cl[C@@]12CCCC[C@@H]1CCC2. The maximum atomic E-state index is 6.47. The van der Waals surface area contributed by atoms with Crippen LogP contribution in [0.3, 0.4) is 0 Å². The second-order valence-electron chi connectivity index (χ2n) is 3.87. The highest BCUT2D eigenvalue weighted by Gasteiger charge is 2.42. The van der Waals surface area contributed by atoms with Crippen molar-refractivity contribution in [1.82, 2.24) is 0 Å². The van der Waals surface area contributed by atoms with Gasteiger partial charge < -0.3 is 0 Å². The van der Waals surface area contributed by atoms with Gasteiger partial charge in [0.25, 0.3) is 0 Å². The van der Waals surface area contributed by atoms with Crippen LogP contribution in [0.15, 0.2) is 0 Å². The number of rotatable bonds is 0. The monoisotopic (exact) mass is 158 g/mol. The second-order valence-corrected chi connectivity index (χ2v) is 4.62. The minimum atomic E-state index is 0.262. The summed E-state index contributed by atoms with van der Waals surface area (Å²) in [7, 11) is 0. The number of alkyl halides is 1. The first-order valence-electron chi connectivity index (χ1n) is 4.50. The summed E-state index contributed by atoms with van der Waals surface area (Å²) in [6.45, 7) is 0. The van der Waals surface area contributed by atoms with E-state index >= 15 is 0 Å². The summed E-state index contributed by atoms with van der Waals surface area (Å²) in [4.78, 5) is 0.262. The van der Waals surface area contributed by atoms with Crippen molar-refractivity contribution < 1.29 is 0 Å². The summed E-state index contributed by atoms with van der Waals surface area (Å²) in [5, 5.41) is 0. The van der Waals surface area contributed by atoms with Crippen LogP contribution in [0.25, 0.3) is 0 Å². The Labute approximate surface area is 68.0 Å². The minimum absolute atomic E-state index is 0.262. The fourth-order valence-corrected chi connectivity index (χ4v) is 3.13. The summed E-state index contributed by atoms with van der Waals surface area (Å²) in [5.74, 6) is 0.878. The van der Waals surface area contributed by atoms with Crippen molar-refractivity contribution in [1.29, 1.82) is 0 Å². The Hall–Kier alpha value is 0.290. The van der Waals surface area contributed by atoms with Crippen LogP contribution < -0.4 is 0 Å². The lowest BCUT2D eigenvalue weighted by molar-refractivity contribution is 0.305. The van der Waals surface area contributed by atoms with E-state index in [0.717, 1.165) is 5.92 Å². The molecule has 0 aromatic rings. The zero-order valence-corrected chi connectivity index (χ0v) is 7.16. The molecule has 0 amide bonds. The molecule has 2 atom stereocenters. The Morgan fingerprint density at radius 3 is 2.50 bits per heavy atom. The van der Waals surface area contributed by atoms with Crippen molar-refractivity contribution in [3.63, 3.8) is 0 Å². The van der Waals surface area contributed by atoms with Gasteiger partial charge in [0.15, 0.2) is 0 Å². The molecule has 58 valence electrons. The smallest absolute Gasteiger partial charge is 0.0475 e. The molecule has 10 heavy (non-hydrogen) atoms. The predicted molar refractivity (Wildman–Crippen MR) is 44.4 cm³/mol. The van der Waals surface area contributed by atoms with E-state index in [2.05, 4.69) is 0 Å². The first-order chi connectivity index (χ1) is 4.81. The molecular weight excluding hydrogens is 144 g/mol. The van der Waals surface area contributed by atoms with Crippen LogP contribution >= 0.6 is 11.6 Å². The van der Waals surface area contributed by atoms with Gasteiger partial charge in [0.1, 0.15) is 0 Å². The number of fused-ring (bicyclic) bond motifs is 1. The standard InChI is InChI=1S/C9H15Cl/c10-9-6-2-1-4-8(9)5-3-7-9/h8H,1-7H2/t8-,9-/m1/s1. The molecule has 0 aliphatic heterocycles. The first-order valence-corrected chi connectivity index (χ1v) is 4.88. The van der Waals surface area contributed by atoms with Crippen molar-refractivity contribution in [3.8, 4) is 0 Å². The van der Waals surface area contributed by atoms with Gasteiger partial charge in [-0.25, -0.2) is 0 Å². The molecule has 0 N–H and O–H groups in total. The molecule has 2 rings (SSSR count). The quantitative estimate of drug-likeness (QED) is 0.475. The van der Waals surface area contributed by atoms with E-state index in [4.69, 9.17) is 11.6 Å². The Balaban J connectivity index is 2.10. The lowest BCUT2D eigenvalue weighted by atomic mass is 9.81. The Morgan fingerprint density at radius 2 is 1.70 bits per heavy atom. The highest BCUT2D eigenvalue weighted by molar-refractivity contribution is 6.24. The number of halogens is 1. The molecule has 0 bridgehead atoms. The molecule has 0 saturated heterocycles. The molecule has 0 nitrogen and oxygen atoms in total. The fraction of sp³-hybridized carbons (Fsp3) is 1.00. The summed E-state index contributed by atoms with van der Waals surface area (Å²) in [6.07, 6.45) is 9.58. The van der Waals surface area contributed by atoms with E-state index in [0.29, 0.717) is 0 Å². The summed E-state index contributed by atoms with van der Waals surface area (Å²) in [6, 6.07) is 0. The molecule has 0 aromatic heterocycles. The third kappa shape index (κ3) is 0.972. The van der Waals surface area contributed by atoms with Gasteiger partial charge in [-0.15, -0.1) is 11.6 Å². The van der Waals surface area contributed by atoms with Crippen molar-refractivity contribution >= 4 is 11.6 Å². The highest BCUT2D eigenvalue weighted by Crippen LogP contribution is 2.49. The Bertz CT molecular complexity index is 133. The number of hydrogen-bond acceptors (Lipinski definition) is 0. The summed E-state index contributed by atoms with van der Waals surface area (Å²) >= 11 is 6.47. The van der Waals surface area contributed by atoms with Gasteiger partial charge >= 0.3 is 0 Å². The van der Waals surface area contributed by atoms with Crippen LogP contribution in [0.4, 0.5) is 0 Å². The third-order valence-electron chi connectivity index (χ3n) is 3.27. The van der Waals surface area contributed by atoms with E-state index < -0.39 is 0 Å². The first kappa shape index (κ1) is 6.97. The zero-order chi connectivity index (χ0) is 7.03. The van der Waals surface area contributed by atoms with Crippen LogP contribution in [0.2, 0.25) is 0 Å². The normalized spacial score (nSPS) is 47.1. The number of hydrogen-bond donors (Lipinski definition) is 0. The Morgan fingerprint density at radius 1 is 1.00 bits per heavy atom. The van der Waals surface area contributed by atoms with E-state index in [-0.39, 0.29) is 4.87 Å². The van der Waals surface area contributed by atoms with Crippen LogP contribution in [-0.4, -0.2) is 4.87 Å². The van der Waals surface area contributed by atoms with Crippen LogP contribution in [0.1, 0.15) is 44.9 Å². The van der Waals surface area contributed by atoms with Gasteiger partial charge in [-0.05, 0) is 31.6 Å². The van der Waals surface area contributed by atoms with Crippen LogP contribution in [0.5, 0.6) is 0 Å². The van der Waals surface area contributed by atoms with E-state index in [1.165, 1.54) is 44.9 Å². The molecule has 0 heterocycles. The lowest BCUT2D eigenvalue weighted by Crippen LogP contribution is -2.29. The van der Waals surface area contributed by atoms with E-state index in [1.807, 2.05) is 0 Å². The molecule has 2 aliphatic rings. The molecule has 0 radical (unpaired) electrons. The molecule has 2 saturated carbocycles. The second kappa shape index (κ2) is 2.41. The van der Waals surface area contributed by atoms with Gasteiger partial charge in [0, 0.05) is 4.87 Å². The molecule has 0 spiro atoms. The fourth-order valence-electron chi connectivity index (χ4n) is 2.65. The summed E-state index contributed by atoms with van der Waals surface area (Å²) in [5.41, 5.74) is 0. The molecule has 2 aliphatic carbocycles. The van der Waals surface area contributed by atoms with E-state index in [1.54, 1.807) is 0 Å². The Kier molecular flexibility index (Phi) is 1.68. The highest BCUT2D eigenvalue weighted by atomic mass is 35.5. The average Bonchev–Trinajstić information content (AvgIpc) is 2.29. The topological polar surface area (TPSA) is 0 Å². The van der Waals surface area contributed by atoms with Gasteiger partial charge in [-0.3, -0.25) is 0 Å². The molecule has 2 fully saturated rings. The molecule has 0 aromatic carbocycles.